The first kappa shape index (κ1) is 15.5. The molecule has 112 valence electrons. The monoisotopic (exact) mass is 326 g/mol. The van der Waals surface area contributed by atoms with Gasteiger partial charge in [-0.25, -0.2) is 22.0 Å². The van der Waals surface area contributed by atoms with E-state index in [1.165, 1.54) is 36.4 Å². The van der Waals surface area contributed by atoms with Crippen LogP contribution in [-0.4, -0.2) is 16.8 Å². The molecule has 21 heavy (non-hydrogen) atoms. The van der Waals surface area contributed by atoms with Crippen molar-refractivity contribution in [3.63, 3.8) is 0 Å². The number of hydrogen-bond acceptors (Lipinski definition) is 5. The number of sulfone groups is 1. The number of hydrogen-bond donors (Lipinski definition) is 2. The molecule has 0 fully saturated rings. The van der Waals surface area contributed by atoms with Crippen molar-refractivity contribution in [2.45, 2.75) is 15.5 Å². The minimum absolute atomic E-state index is 0.0624. The van der Waals surface area contributed by atoms with Crippen molar-refractivity contribution >= 4 is 25.5 Å². The van der Waals surface area contributed by atoms with Gasteiger partial charge in [-0.05, 0) is 35.9 Å². The summed E-state index contributed by atoms with van der Waals surface area (Å²) in [5.74, 6) is -0.249. The summed E-state index contributed by atoms with van der Waals surface area (Å²) in [4.78, 5) is 0.0608. The van der Waals surface area contributed by atoms with Crippen LogP contribution in [0.5, 0.6) is 0 Å². The Balaban J connectivity index is 2.29. The molecule has 0 saturated carbocycles. The number of primary sulfonamides is 1. The van der Waals surface area contributed by atoms with Crippen molar-refractivity contribution in [3.8, 4) is 0 Å². The van der Waals surface area contributed by atoms with E-state index in [1.54, 1.807) is 12.1 Å². The van der Waals surface area contributed by atoms with Crippen LogP contribution >= 0.6 is 0 Å². The summed E-state index contributed by atoms with van der Waals surface area (Å²) in [5, 5.41) is 4.98. The molecule has 0 aromatic heterocycles. The van der Waals surface area contributed by atoms with E-state index in [9.17, 15) is 16.8 Å². The minimum Gasteiger partial charge on any atom is -0.399 e. The molecule has 8 heteroatoms. The molecular weight excluding hydrogens is 312 g/mol. The molecular formula is C13H14N2O4S2. The van der Waals surface area contributed by atoms with Gasteiger partial charge in [-0.1, -0.05) is 18.2 Å². The van der Waals surface area contributed by atoms with Crippen LogP contribution in [0.2, 0.25) is 0 Å². The molecule has 0 saturated heterocycles. The Hall–Kier alpha value is -1.90. The number of nitrogens with two attached hydrogens (primary N) is 2. The van der Waals surface area contributed by atoms with Crippen LogP contribution in [0.25, 0.3) is 0 Å². The third kappa shape index (κ3) is 3.81. The van der Waals surface area contributed by atoms with Gasteiger partial charge < -0.3 is 5.73 Å². The molecule has 4 N–H and O–H groups in total. The van der Waals surface area contributed by atoms with E-state index in [2.05, 4.69) is 0 Å². The minimum atomic E-state index is -3.79. The van der Waals surface area contributed by atoms with Crippen LogP contribution in [-0.2, 0) is 25.6 Å². The van der Waals surface area contributed by atoms with Gasteiger partial charge in [0.25, 0.3) is 0 Å². The third-order valence-corrected chi connectivity index (χ3v) is 5.44. The van der Waals surface area contributed by atoms with Crippen molar-refractivity contribution in [1.29, 1.82) is 0 Å². The Morgan fingerprint density at radius 2 is 1.48 bits per heavy atom. The number of anilines is 1. The number of benzene rings is 2. The molecule has 0 aliphatic heterocycles. The molecule has 0 aliphatic rings. The van der Waals surface area contributed by atoms with E-state index in [-0.39, 0.29) is 15.5 Å². The summed E-state index contributed by atoms with van der Waals surface area (Å²) in [6, 6.07) is 11.4. The smallest absolute Gasteiger partial charge is 0.238 e. The van der Waals surface area contributed by atoms with E-state index in [1.807, 2.05) is 0 Å². The standard InChI is InChI=1S/C13H14N2O4S2/c14-11-2-1-3-13(8-11)20(16,17)9-10-4-6-12(7-5-10)21(15,18)19/h1-8H,9,14H2,(H2,15,18,19). The van der Waals surface area contributed by atoms with Gasteiger partial charge in [-0.2, -0.15) is 0 Å². The SMILES string of the molecule is Nc1cccc(S(=O)(=O)Cc2ccc(S(N)(=O)=O)cc2)c1. The second-order valence-corrected chi connectivity index (χ2v) is 8.07. The molecule has 2 aromatic carbocycles. The average Bonchev–Trinajstić information content (AvgIpc) is 2.38. The van der Waals surface area contributed by atoms with E-state index in [0.717, 1.165) is 0 Å². The largest absolute Gasteiger partial charge is 0.399 e. The molecule has 0 bridgehead atoms. The third-order valence-electron chi connectivity index (χ3n) is 2.83. The molecule has 0 unspecified atom stereocenters. The summed E-state index contributed by atoms with van der Waals surface area (Å²) in [6.45, 7) is 0. The van der Waals surface area contributed by atoms with Crippen LogP contribution < -0.4 is 10.9 Å². The lowest BCUT2D eigenvalue weighted by Gasteiger charge is -2.06. The van der Waals surface area contributed by atoms with Crippen LogP contribution in [0.1, 0.15) is 5.56 Å². The van der Waals surface area contributed by atoms with E-state index in [4.69, 9.17) is 10.9 Å². The molecule has 0 atom stereocenters. The summed E-state index contributed by atoms with van der Waals surface area (Å²) in [5.41, 5.74) is 6.40. The molecule has 0 spiro atoms. The predicted molar refractivity (Wildman–Crippen MR) is 79.6 cm³/mol. The van der Waals surface area contributed by atoms with Gasteiger partial charge in [-0.3, -0.25) is 0 Å². The van der Waals surface area contributed by atoms with Crippen molar-refractivity contribution in [1.82, 2.24) is 0 Å². The highest BCUT2D eigenvalue weighted by atomic mass is 32.2. The van der Waals surface area contributed by atoms with Gasteiger partial charge in [0.15, 0.2) is 9.84 Å². The van der Waals surface area contributed by atoms with Gasteiger partial charge in [0.2, 0.25) is 10.0 Å². The highest BCUT2D eigenvalue weighted by molar-refractivity contribution is 7.90. The van der Waals surface area contributed by atoms with Crippen molar-refractivity contribution in [2.24, 2.45) is 5.14 Å². The van der Waals surface area contributed by atoms with Gasteiger partial charge >= 0.3 is 0 Å². The number of rotatable bonds is 4. The summed E-state index contributed by atoms with van der Waals surface area (Å²) in [6.07, 6.45) is 0. The second kappa shape index (κ2) is 5.47. The lowest BCUT2D eigenvalue weighted by atomic mass is 10.2. The maximum Gasteiger partial charge on any atom is 0.238 e. The number of nitrogen functional groups attached to an aromatic ring is 1. The quantitative estimate of drug-likeness (QED) is 0.808. The van der Waals surface area contributed by atoms with E-state index in [0.29, 0.717) is 11.3 Å². The van der Waals surface area contributed by atoms with Gasteiger partial charge in [0, 0.05) is 5.69 Å². The lowest BCUT2D eigenvalue weighted by molar-refractivity contribution is 0.595. The van der Waals surface area contributed by atoms with Crippen LogP contribution in [0, 0.1) is 0 Å². The van der Waals surface area contributed by atoms with E-state index < -0.39 is 19.9 Å². The van der Waals surface area contributed by atoms with Gasteiger partial charge in [-0.15, -0.1) is 0 Å². The fourth-order valence-electron chi connectivity index (χ4n) is 1.79. The molecule has 2 rings (SSSR count). The van der Waals surface area contributed by atoms with Crippen LogP contribution in [0.4, 0.5) is 5.69 Å². The Morgan fingerprint density at radius 3 is 2.00 bits per heavy atom. The molecule has 6 nitrogen and oxygen atoms in total. The Labute approximate surface area is 123 Å². The summed E-state index contributed by atoms with van der Waals surface area (Å²) < 4.78 is 46.7. The number of sulfonamides is 1. The zero-order valence-electron chi connectivity index (χ0n) is 10.9. The summed E-state index contributed by atoms with van der Waals surface area (Å²) >= 11 is 0. The predicted octanol–water partition coefficient (Wildman–Crippen LogP) is 0.890. The second-order valence-electron chi connectivity index (χ2n) is 4.52. The normalized spacial score (nSPS) is 12.2. The maximum atomic E-state index is 12.2. The molecule has 0 amide bonds. The molecule has 0 radical (unpaired) electrons. The first-order chi connectivity index (χ1) is 9.68. The topological polar surface area (TPSA) is 120 Å². The highest BCUT2D eigenvalue weighted by Gasteiger charge is 2.16. The fraction of sp³-hybridized carbons (Fsp3) is 0.0769. The maximum absolute atomic E-state index is 12.2. The Bertz CT molecular complexity index is 857. The van der Waals surface area contributed by atoms with Gasteiger partial charge in [0.1, 0.15) is 0 Å². The van der Waals surface area contributed by atoms with Crippen LogP contribution in [0.15, 0.2) is 58.3 Å². The molecule has 2 aromatic rings. The highest BCUT2D eigenvalue weighted by Crippen LogP contribution is 2.19. The van der Waals surface area contributed by atoms with Gasteiger partial charge in [0.05, 0.1) is 15.5 Å². The zero-order valence-corrected chi connectivity index (χ0v) is 12.6. The molecule has 0 heterocycles. The first-order valence-electron chi connectivity index (χ1n) is 5.88. The molecule has 0 aliphatic carbocycles. The fourth-order valence-corrected chi connectivity index (χ4v) is 3.70. The van der Waals surface area contributed by atoms with Crippen LogP contribution in [0.3, 0.4) is 0 Å². The van der Waals surface area contributed by atoms with Crippen molar-refractivity contribution in [2.75, 3.05) is 5.73 Å². The Morgan fingerprint density at radius 1 is 0.857 bits per heavy atom. The average molecular weight is 326 g/mol. The van der Waals surface area contributed by atoms with Crippen molar-refractivity contribution < 1.29 is 16.8 Å². The first-order valence-corrected chi connectivity index (χ1v) is 9.08. The Kier molecular flexibility index (Phi) is 4.04. The summed E-state index contributed by atoms with van der Waals surface area (Å²) in [7, 11) is -7.33. The lowest BCUT2D eigenvalue weighted by Crippen LogP contribution is -2.12. The zero-order chi connectivity index (χ0) is 15.7. The van der Waals surface area contributed by atoms with Crippen molar-refractivity contribution in [3.05, 3.63) is 54.1 Å². The van der Waals surface area contributed by atoms with E-state index >= 15 is 0 Å².